The minimum Gasteiger partial charge on any atom is -0.487 e. The molecule has 9 heteroatoms. The minimum absolute atomic E-state index is 0.0666. The highest BCUT2D eigenvalue weighted by atomic mass is 32.1. The van der Waals surface area contributed by atoms with Crippen molar-refractivity contribution in [1.29, 1.82) is 0 Å². The van der Waals surface area contributed by atoms with E-state index in [4.69, 9.17) is 4.74 Å². The SMILES string of the molecule is O=C(Nc1ccc(OCC(F)(F)F)cc1)c1ccc(OCc2cscn2)cc1. The van der Waals surface area contributed by atoms with Crippen molar-refractivity contribution in [1.82, 2.24) is 4.98 Å². The molecule has 0 fully saturated rings. The lowest BCUT2D eigenvalue weighted by Gasteiger charge is -2.10. The van der Waals surface area contributed by atoms with Crippen LogP contribution in [0.15, 0.2) is 59.4 Å². The predicted octanol–water partition coefficient (Wildman–Crippen LogP) is 4.92. The molecule has 0 bridgehead atoms. The standard InChI is InChI=1S/C19H15F3N2O3S/c20-19(21,22)11-27-17-7-3-14(4-8-17)24-18(25)13-1-5-16(6-2-13)26-9-15-10-28-12-23-15/h1-8,10,12H,9,11H2,(H,24,25). The molecule has 3 aromatic rings. The van der Waals surface area contributed by atoms with Gasteiger partial charge in [0, 0.05) is 16.6 Å². The van der Waals surface area contributed by atoms with E-state index < -0.39 is 12.8 Å². The Balaban J connectivity index is 1.52. The van der Waals surface area contributed by atoms with Gasteiger partial charge in [0.15, 0.2) is 6.61 Å². The summed E-state index contributed by atoms with van der Waals surface area (Å²) in [5.74, 6) is 0.322. The van der Waals surface area contributed by atoms with Gasteiger partial charge in [-0.2, -0.15) is 13.2 Å². The average Bonchev–Trinajstić information content (AvgIpc) is 3.19. The monoisotopic (exact) mass is 408 g/mol. The molecule has 0 unspecified atom stereocenters. The van der Waals surface area contributed by atoms with Crippen LogP contribution in [-0.2, 0) is 6.61 Å². The second kappa shape index (κ2) is 8.75. The smallest absolute Gasteiger partial charge is 0.422 e. The molecule has 0 spiro atoms. The van der Waals surface area contributed by atoms with Crippen LogP contribution in [0, 0.1) is 0 Å². The first-order valence-corrected chi connectivity index (χ1v) is 9.04. The van der Waals surface area contributed by atoms with E-state index in [1.807, 2.05) is 5.38 Å². The lowest BCUT2D eigenvalue weighted by molar-refractivity contribution is -0.153. The largest absolute Gasteiger partial charge is 0.487 e. The zero-order chi connectivity index (χ0) is 20.0. The summed E-state index contributed by atoms with van der Waals surface area (Å²) >= 11 is 1.48. The van der Waals surface area contributed by atoms with Crippen LogP contribution in [0.4, 0.5) is 18.9 Å². The lowest BCUT2D eigenvalue weighted by atomic mass is 10.2. The second-order valence-electron chi connectivity index (χ2n) is 5.68. The number of hydrogen-bond donors (Lipinski definition) is 1. The summed E-state index contributed by atoms with van der Waals surface area (Å²) in [4.78, 5) is 16.4. The maximum atomic E-state index is 12.3. The third-order valence-corrected chi connectivity index (χ3v) is 4.14. The summed E-state index contributed by atoms with van der Waals surface area (Å²) in [7, 11) is 0. The van der Waals surface area contributed by atoms with Crippen LogP contribution < -0.4 is 14.8 Å². The zero-order valence-corrected chi connectivity index (χ0v) is 15.2. The van der Waals surface area contributed by atoms with Gasteiger partial charge in [-0.3, -0.25) is 4.79 Å². The number of benzene rings is 2. The highest BCUT2D eigenvalue weighted by Gasteiger charge is 2.28. The van der Waals surface area contributed by atoms with E-state index in [-0.39, 0.29) is 11.7 Å². The number of amides is 1. The molecule has 1 heterocycles. The molecule has 0 aliphatic heterocycles. The maximum absolute atomic E-state index is 12.3. The number of thiazole rings is 1. The molecular weight excluding hydrogens is 393 g/mol. The molecule has 28 heavy (non-hydrogen) atoms. The van der Waals surface area contributed by atoms with Gasteiger partial charge in [0.25, 0.3) is 5.91 Å². The van der Waals surface area contributed by atoms with Crippen molar-refractivity contribution < 1.29 is 27.4 Å². The number of carbonyl (C=O) groups excluding carboxylic acids is 1. The van der Waals surface area contributed by atoms with E-state index in [1.54, 1.807) is 29.8 Å². The van der Waals surface area contributed by atoms with Crippen molar-refractivity contribution in [2.45, 2.75) is 12.8 Å². The molecule has 0 atom stereocenters. The quantitative estimate of drug-likeness (QED) is 0.603. The number of aromatic nitrogens is 1. The Morgan fingerprint density at radius 1 is 1.00 bits per heavy atom. The summed E-state index contributed by atoms with van der Waals surface area (Å²) < 4.78 is 46.6. The number of alkyl halides is 3. The van der Waals surface area contributed by atoms with Crippen LogP contribution in [0.3, 0.4) is 0 Å². The summed E-state index contributed by atoms with van der Waals surface area (Å²) in [5.41, 5.74) is 3.40. The molecule has 0 aliphatic rings. The van der Waals surface area contributed by atoms with Crippen LogP contribution in [0.25, 0.3) is 0 Å². The van der Waals surface area contributed by atoms with E-state index in [2.05, 4.69) is 15.0 Å². The number of anilines is 1. The van der Waals surface area contributed by atoms with E-state index in [1.165, 1.54) is 35.6 Å². The minimum atomic E-state index is -4.40. The first-order chi connectivity index (χ1) is 13.4. The van der Waals surface area contributed by atoms with Crippen LogP contribution in [0.5, 0.6) is 11.5 Å². The van der Waals surface area contributed by atoms with E-state index >= 15 is 0 Å². The summed E-state index contributed by atoms with van der Waals surface area (Å²) in [5, 5.41) is 4.56. The van der Waals surface area contributed by atoms with Crippen LogP contribution in [0.1, 0.15) is 16.1 Å². The third-order valence-electron chi connectivity index (χ3n) is 3.50. The Morgan fingerprint density at radius 2 is 1.64 bits per heavy atom. The van der Waals surface area contributed by atoms with Gasteiger partial charge in [0.05, 0.1) is 11.2 Å². The number of nitrogens with one attached hydrogen (secondary N) is 1. The van der Waals surface area contributed by atoms with E-state index in [0.29, 0.717) is 23.6 Å². The first kappa shape index (κ1) is 19.7. The van der Waals surface area contributed by atoms with Crippen molar-refractivity contribution in [3.63, 3.8) is 0 Å². The Morgan fingerprint density at radius 3 is 2.25 bits per heavy atom. The number of nitrogens with zero attached hydrogens (tertiary/aromatic N) is 1. The van der Waals surface area contributed by atoms with Gasteiger partial charge in [-0.1, -0.05) is 0 Å². The normalized spacial score (nSPS) is 11.1. The maximum Gasteiger partial charge on any atom is 0.422 e. The van der Waals surface area contributed by atoms with Crippen molar-refractivity contribution >= 4 is 22.9 Å². The van der Waals surface area contributed by atoms with Gasteiger partial charge < -0.3 is 14.8 Å². The first-order valence-electron chi connectivity index (χ1n) is 8.10. The fraction of sp³-hybridized carbons (Fsp3) is 0.158. The van der Waals surface area contributed by atoms with Crippen molar-refractivity contribution in [2.24, 2.45) is 0 Å². The number of rotatable bonds is 7. The van der Waals surface area contributed by atoms with Gasteiger partial charge >= 0.3 is 6.18 Å². The van der Waals surface area contributed by atoms with Gasteiger partial charge in [-0.15, -0.1) is 11.3 Å². The molecule has 146 valence electrons. The molecule has 3 rings (SSSR count). The molecule has 5 nitrogen and oxygen atoms in total. The number of halogens is 3. The predicted molar refractivity (Wildman–Crippen MR) is 98.8 cm³/mol. The third kappa shape index (κ3) is 5.98. The van der Waals surface area contributed by atoms with Crippen LogP contribution in [0.2, 0.25) is 0 Å². The van der Waals surface area contributed by atoms with Crippen molar-refractivity contribution in [3.8, 4) is 11.5 Å². The molecular formula is C19H15F3N2O3S. The lowest BCUT2D eigenvalue weighted by Crippen LogP contribution is -2.19. The number of carbonyl (C=O) groups is 1. The molecule has 0 saturated carbocycles. The van der Waals surface area contributed by atoms with Gasteiger partial charge in [0.1, 0.15) is 18.1 Å². The van der Waals surface area contributed by atoms with E-state index in [9.17, 15) is 18.0 Å². The summed E-state index contributed by atoms with van der Waals surface area (Å²) in [6.45, 7) is -1.02. The number of hydrogen-bond acceptors (Lipinski definition) is 5. The fourth-order valence-electron chi connectivity index (χ4n) is 2.17. The molecule has 0 aliphatic carbocycles. The molecule has 2 aromatic carbocycles. The van der Waals surface area contributed by atoms with Crippen LogP contribution in [-0.4, -0.2) is 23.7 Å². The molecule has 1 aromatic heterocycles. The summed E-state index contributed by atoms with van der Waals surface area (Å²) in [6, 6.07) is 12.2. The molecule has 0 saturated heterocycles. The molecule has 1 N–H and O–H groups in total. The second-order valence-corrected chi connectivity index (χ2v) is 6.39. The van der Waals surface area contributed by atoms with Gasteiger partial charge in [-0.25, -0.2) is 4.98 Å². The number of ether oxygens (including phenoxy) is 2. The average molecular weight is 408 g/mol. The zero-order valence-electron chi connectivity index (χ0n) is 14.4. The Hall–Kier alpha value is -3.07. The Bertz CT molecular complexity index is 896. The van der Waals surface area contributed by atoms with E-state index in [0.717, 1.165) is 5.69 Å². The van der Waals surface area contributed by atoms with Gasteiger partial charge in [0.2, 0.25) is 0 Å². The fourth-order valence-corrected chi connectivity index (χ4v) is 2.71. The highest BCUT2D eigenvalue weighted by Crippen LogP contribution is 2.21. The molecule has 1 amide bonds. The Labute approximate surface area is 162 Å². The summed E-state index contributed by atoms with van der Waals surface area (Å²) in [6.07, 6.45) is -4.40. The topological polar surface area (TPSA) is 60.5 Å². The van der Waals surface area contributed by atoms with Gasteiger partial charge in [-0.05, 0) is 48.5 Å². The highest BCUT2D eigenvalue weighted by molar-refractivity contribution is 7.07. The van der Waals surface area contributed by atoms with Crippen molar-refractivity contribution in [3.05, 3.63) is 70.7 Å². The van der Waals surface area contributed by atoms with Crippen molar-refractivity contribution in [2.75, 3.05) is 11.9 Å². The van der Waals surface area contributed by atoms with Crippen LogP contribution >= 0.6 is 11.3 Å². The molecule has 0 radical (unpaired) electrons. The Kier molecular flexibility index (Phi) is 6.15.